The molecular formula is C21H15N7O. The van der Waals surface area contributed by atoms with E-state index in [2.05, 4.69) is 30.7 Å². The van der Waals surface area contributed by atoms with E-state index in [4.69, 9.17) is 0 Å². The van der Waals surface area contributed by atoms with Crippen LogP contribution in [-0.4, -0.2) is 26.4 Å². The first-order chi connectivity index (χ1) is 14.3. The molecule has 0 saturated carbocycles. The highest BCUT2D eigenvalue weighted by molar-refractivity contribution is 5.90. The second kappa shape index (κ2) is 8.02. The van der Waals surface area contributed by atoms with Gasteiger partial charge in [-0.25, -0.2) is 10.4 Å². The molecule has 0 radical (unpaired) electrons. The molecule has 2 aromatic carbocycles. The zero-order chi connectivity index (χ0) is 20.1. The highest BCUT2D eigenvalue weighted by Crippen LogP contribution is 2.21. The zero-order valence-electron chi connectivity index (χ0n) is 15.1. The normalized spacial score (nSPS) is 10.7. The molecular weight excluding hydrogens is 366 g/mol. The van der Waals surface area contributed by atoms with Crippen LogP contribution < -0.4 is 11.0 Å². The number of nitrogens with zero attached hydrogens (tertiary/aromatic N) is 4. The van der Waals surface area contributed by atoms with Crippen molar-refractivity contribution in [2.24, 2.45) is 5.10 Å². The lowest BCUT2D eigenvalue weighted by Gasteiger charge is -2.06. The van der Waals surface area contributed by atoms with Crippen LogP contribution in [0.15, 0.2) is 76.9 Å². The number of nitriles is 1. The third-order valence-electron chi connectivity index (χ3n) is 4.22. The maximum absolute atomic E-state index is 12.3. The van der Waals surface area contributed by atoms with Gasteiger partial charge < -0.3 is 0 Å². The van der Waals surface area contributed by atoms with Crippen LogP contribution in [0.2, 0.25) is 0 Å². The van der Waals surface area contributed by atoms with Gasteiger partial charge in [-0.05, 0) is 5.56 Å². The Kier molecular flexibility index (Phi) is 4.95. The Hall–Kier alpha value is -4.51. The van der Waals surface area contributed by atoms with E-state index < -0.39 is 5.56 Å². The first-order valence-electron chi connectivity index (χ1n) is 8.73. The minimum Gasteiger partial charge on any atom is -0.290 e. The van der Waals surface area contributed by atoms with E-state index in [9.17, 15) is 10.1 Å². The molecule has 0 aliphatic heterocycles. The van der Waals surface area contributed by atoms with Crippen molar-refractivity contribution in [3.8, 4) is 28.5 Å². The third-order valence-corrected chi connectivity index (χ3v) is 4.22. The Morgan fingerprint density at radius 3 is 2.62 bits per heavy atom. The van der Waals surface area contributed by atoms with Gasteiger partial charge >= 0.3 is 0 Å². The highest BCUT2D eigenvalue weighted by atomic mass is 16.1. The average molecular weight is 381 g/mol. The summed E-state index contributed by atoms with van der Waals surface area (Å²) in [6, 6.07) is 18.7. The smallest absolute Gasteiger partial charge is 0.270 e. The molecule has 8 nitrogen and oxygen atoms in total. The van der Waals surface area contributed by atoms with Crippen molar-refractivity contribution in [3.05, 3.63) is 88.5 Å². The Labute approximate surface area is 165 Å². The molecule has 4 rings (SSSR count). The first-order valence-corrected chi connectivity index (χ1v) is 8.73. The summed E-state index contributed by atoms with van der Waals surface area (Å²) in [5, 5.41) is 20.3. The molecule has 29 heavy (non-hydrogen) atoms. The summed E-state index contributed by atoms with van der Waals surface area (Å²) >= 11 is 0. The Balaban J connectivity index is 1.64. The van der Waals surface area contributed by atoms with Gasteiger partial charge in [-0.3, -0.25) is 14.9 Å². The summed E-state index contributed by atoms with van der Waals surface area (Å²) in [4.78, 5) is 19.2. The van der Waals surface area contributed by atoms with Crippen molar-refractivity contribution >= 4 is 12.2 Å². The topological polar surface area (TPSA) is 123 Å². The van der Waals surface area contributed by atoms with Gasteiger partial charge in [0.05, 0.1) is 18.1 Å². The number of hydrogen-bond donors (Lipinski definition) is 3. The van der Waals surface area contributed by atoms with Crippen LogP contribution in [0.3, 0.4) is 0 Å². The molecule has 0 aliphatic rings. The molecule has 0 bridgehead atoms. The summed E-state index contributed by atoms with van der Waals surface area (Å²) in [6.07, 6.45) is 5.15. The van der Waals surface area contributed by atoms with Crippen molar-refractivity contribution < 1.29 is 0 Å². The number of anilines is 1. The quantitative estimate of drug-likeness (QED) is 0.362. The molecule has 140 valence electrons. The molecule has 0 spiro atoms. The van der Waals surface area contributed by atoms with Gasteiger partial charge in [-0.2, -0.15) is 15.5 Å². The minimum absolute atomic E-state index is 0.0453. The van der Waals surface area contributed by atoms with Crippen LogP contribution in [-0.2, 0) is 0 Å². The van der Waals surface area contributed by atoms with Gasteiger partial charge in [0.25, 0.3) is 5.56 Å². The predicted octanol–water partition coefficient (Wildman–Crippen LogP) is 3.14. The Bertz CT molecular complexity index is 1250. The lowest BCUT2D eigenvalue weighted by molar-refractivity contribution is 1.08. The monoisotopic (exact) mass is 381 g/mol. The molecule has 3 N–H and O–H groups in total. The second-order valence-electron chi connectivity index (χ2n) is 6.06. The number of hydrogen-bond acceptors (Lipinski definition) is 6. The van der Waals surface area contributed by atoms with Gasteiger partial charge in [0.1, 0.15) is 11.6 Å². The van der Waals surface area contributed by atoms with Crippen LogP contribution >= 0.6 is 0 Å². The number of rotatable bonds is 5. The number of nitrogens with one attached hydrogen (secondary N) is 3. The molecule has 4 aromatic rings. The molecule has 0 aliphatic carbocycles. The van der Waals surface area contributed by atoms with Gasteiger partial charge in [-0.15, -0.1) is 0 Å². The molecule has 0 unspecified atom stereocenters. The van der Waals surface area contributed by atoms with Crippen LogP contribution in [0.5, 0.6) is 0 Å². The van der Waals surface area contributed by atoms with Gasteiger partial charge in [0, 0.05) is 22.9 Å². The molecule has 2 aromatic heterocycles. The summed E-state index contributed by atoms with van der Waals surface area (Å²) in [7, 11) is 0. The van der Waals surface area contributed by atoms with Crippen LogP contribution in [0, 0.1) is 11.3 Å². The summed E-state index contributed by atoms with van der Waals surface area (Å²) in [6.45, 7) is 0. The van der Waals surface area contributed by atoms with E-state index in [1.54, 1.807) is 30.7 Å². The lowest BCUT2D eigenvalue weighted by atomic mass is 10.0. The van der Waals surface area contributed by atoms with Crippen molar-refractivity contribution in [2.75, 3.05) is 5.43 Å². The highest BCUT2D eigenvalue weighted by Gasteiger charge is 2.12. The Morgan fingerprint density at radius 1 is 1.07 bits per heavy atom. The first kappa shape index (κ1) is 17.9. The van der Waals surface area contributed by atoms with Gasteiger partial charge in [0.2, 0.25) is 5.95 Å². The van der Waals surface area contributed by atoms with Crippen molar-refractivity contribution in [1.82, 2.24) is 20.2 Å². The molecule has 0 saturated heterocycles. The van der Waals surface area contributed by atoms with Gasteiger partial charge in [0.15, 0.2) is 0 Å². The van der Waals surface area contributed by atoms with Crippen molar-refractivity contribution in [1.29, 1.82) is 5.26 Å². The maximum Gasteiger partial charge on any atom is 0.270 e. The number of H-pyrrole nitrogens is 2. The van der Waals surface area contributed by atoms with E-state index in [1.165, 1.54) is 0 Å². The van der Waals surface area contributed by atoms with Crippen molar-refractivity contribution in [3.63, 3.8) is 0 Å². The SMILES string of the molecule is N#Cc1c(-c2ccccc2)nc(NN=Cc2ccccc2-c2cn[nH]c2)[nH]c1=O. The summed E-state index contributed by atoms with van der Waals surface area (Å²) < 4.78 is 0. The van der Waals surface area contributed by atoms with Crippen LogP contribution in [0.25, 0.3) is 22.4 Å². The fourth-order valence-corrected chi connectivity index (χ4v) is 2.87. The van der Waals surface area contributed by atoms with Crippen molar-refractivity contribution in [2.45, 2.75) is 0 Å². The fourth-order valence-electron chi connectivity index (χ4n) is 2.87. The minimum atomic E-state index is -0.530. The summed E-state index contributed by atoms with van der Waals surface area (Å²) in [5.74, 6) is 0.143. The molecule has 0 atom stereocenters. The van der Waals surface area contributed by atoms with E-state index in [1.807, 2.05) is 48.5 Å². The lowest BCUT2D eigenvalue weighted by Crippen LogP contribution is -2.16. The molecule has 2 heterocycles. The zero-order valence-corrected chi connectivity index (χ0v) is 15.1. The third kappa shape index (κ3) is 3.79. The fraction of sp³-hybridized carbons (Fsp3) is 0. The number of aromatic amines is 2. The van der Waals surface area contributed by atoms with Gasteiger partial charge in [-0.1, -0.05) is 54.6 Å². The van der Waals surface area contributed by atoms with E-state index in [-0.39, 0.29) is 11.5 Å². The maximum atomic E-state index is 12.3. The largest absolute Gasteiger partial charge is 0.290 e. The summed E-state index contributed by atoms with van der Waals surface area (Å²) in [5.41, 5.74) is 5.89. The molecule has 8 heteroatoms. The van der Waals surface area contributed by atoms with E-state index >= 15 is 0 Å². The van der Waals surface area contributed by atoms with E-state index in [0.29, 0.717) is 11.3 Å². The van der Waals surface area contributed by atoms with Crippen LogP contribution in [0.4, 0.5) is 5.95 Å². The Morgan fingerprint density at radius 2 is 1.86 bits per heavy atom. The standard InChI is InChI=1S/C21H15N7O/c22-10-18-19(14-6-2-1-3-7-14)26-21(27-20(18)29)28-25-11-15-8-4-5-9-17(15)16-12-23-24-13-16/h1-9,11-13H,(H,23,24)(H2,26,27,28,29). The molecule has 0 amide bonds. The second-order valence-corrected chi connectivity index (χ2v) is 6.06. The average Bonchev–Trinajstić information content (AvgIpc) is 3.29. The number of hydrazone groups is 1. The molecule has 0 fully saturated rings. The van der Waals surface area contributed by atoms with E-state index in [0.717, 1.165) is 16.7 Å². The number of benzene rings is 2. The predicted molar refractivity (Wildman–Crippen MR) is 110 cm³/mol. The van der Waals surface area contributed by atoms with Crippen LogP contribution in [0.1, 0.15) is 11.1 Å². The number of aromatic nitrogens is 4.